The molecule has 0 aliphatic carbocycles. The van der Waals surface area contributed by atoms with Crippen LogP contribution in [0, 0.1) is 0 Å². The SMILES string of the molecule is CC(C)(C)c1ccc(C(=O)NCc2cccnc2)s1. The highest BCUT2D eigenvalue weighted by Crippen LogP contribution is 2.29. The van der Waals surface area contributed by atoms with E-state index in [1.807, 2.05) is 24.3 Å². The lowest BCUT2D eigenvalue weighted by Gasteiger charge is -2.15. The Morgan fingerprint density at radius 3 is 2.68 bits per heavy atom. The smallest absolute Gasteiger partial charge is 0.261 e. The summed E-state index contributed by atoms with van der Waals surface area (Å²) in [7, 11) is 0. The molecule has 2 heterocycles. The maximum absolute atomic E-state index is 12.0. The molecule has 3 nitrogen and oxygen atoms in total. The van der Waals surface area contributed by atoms with Gasteiger partial charge in [0, 0.05) is 23.8 Å². The van der Waals surface area contributed by atoms with Crippen LogP contribution in [0.15, 0.2) is 36.7 Å². The third-order valence-electron chi connectivity index (χ3n) is 2.74. The lowest BCUT2D eigenvalue weighted by atomic mass is 9.95. The van der Waals surface area contributed by atoms with Gasteiger partial charge in [0.25, 0.3) is 5.91 Å². The maximum atomic E-state index is 12.0. The quantitative estimate of drug-likeness (QED) is 0.932. The summed E-state index contributed by atoms with van der Waals surface area (Å²) in [5.41, 5.74) is 1.09. The fourth-order valence-corrected chi connectivity index (χ4v) is 2.62. The summed E-state index contributed by atoms with van der Waals surface area (Å²) >= 11 is 1.56. The molecule has 0 aliphatic rings. The molecule has 0 aromatic carbocycles. The van der Waals surface area contributed by atoms with Gasteiger partial charge in [-0.25, -0.2) is 0 Å². The molecular weight excluding hydrogens is 256 g/mol. The zero-order valence-corrected chi connectivity index (χ0v) is 12.3. The number of nitrogens with zero attached hydrogens (tertiary/aromatic N) is 1. The minimum Gasteiger partial charge on any atom is -0.347 e. The molecule has 4 heteroatoms. The molecule has 0 bridgehead atoms. The lowest BCUT2D eigenvalue weighted by molar-refractivity contribution is 0.0955. The summed E-state index contributed by atoms with van der Waals surface area (Å²) in [6.07, 6.45) is 3.48. The first-order valence-electron chi connectivity index (χ1n) is 6.24. The minimum atomic E-state index is -0.0237. The molecule has 100 valence electrons. The number of rotatable bonds is 3. The zero-order valence-electron chi connectivity index (χ0n) is 11.4. The van der Waals surface area contributed by atoms with Crippen LogP contribution in [0.4, 0.5) is 0 Å². The van der Waals surface area contributed by atoms with Crippen LogP contribution >= 0.6 is 11.3 Å². The Bertz CT molecular complexity index is 555. The summed E-state index contributed by atoms with van der Waals surface area (Å²) in [6, 6.07) is 7.74. The van der Waals surface area contributed by atoms with Gasteiger partial charge in [0.2, 0.25) is 0 Å². The monoisotopic (exact) mass is 274 g/mol. The van der Waals surface area contributed by atoms with E-state index in [1.54, 1.807) is 23.7 Å². The van der Waals surface area contributed by atoms with Crippen molar-refractivity contribution in [1.29, 1.82) is 0 Å². The van der Waals surface area contributed by atoms with E-state index in [0.717, 1.165) is 10.4 Å². The van der Waals surface area contributed by atoms with Gasteiger partial charge in [-0.05, 0) is 29.2 Å². The number of pyridine rings is 1. The second-order valence-electron chi connectivity index (χ2n) is 5.46. The number of aromatic nitrogens is 1. The average Bonchev–Trinajstić information content (AvgIpc) is 2.87. The van der Waals surface area contributed by atoms with Crippen molar-refractivity contribution >= 4 is 17.2 Å². The van der Waals surface area contributed by atoms with Crippen molar-refractivity contribution in [3.63, 3.8) is 0 Å². The van der Waals surface area contributed by atoms with Crippen LogP contribution in [0.5, 0.6) is 0 Å². The Balaban J connectivity index is 1.99. The van der Waals surface area contributed by atoms with Crippen molar-refractivity contribution in [3.8, 4) is 0 Å². The van der Waals surface area contributed by atoms with Crippen LogP contribution < -0.4 is 5.32 Å². The molecule has 19 heavy (non-hydrogen) atoms. The third kappa shape index (κ3) is 3.64. The molecule has 0 atom stereocenters. The first kappa shape index (κ1) is 13.7. The van der Waals surface area contributed by atoms with E-state index in [0.29, 0.717) is 6.54 Å². The van der Waals surface area contributed by atoms with E-state index in [9.17, 15) is 4.79 Å². The summed E-state index contributed by atoms with van der Waals surface area (Å²) < 4.78 is 0. The molecule has 2 rings (SSSR count). The Hall–Kier alpha value is -1.68. The Morgan fingerprint density at radius 1 is 1.32 bits per heavy atom. The van der Waals surface area contributed by atoms with Crippen molar-refractivity contribution in [2.75, 3.05) is 0 Å². The normalized spacial score (nSPS) is 11.3. The van der Waals surface area contributed by atoms with Gasteiger partial charge in [-0.15, -0.1) is 11.3 Å². The van der Waals surface area contributed by atoms with Gasteiger partial charge >= 0.3 is 0 Å². The van der Waals surface area contributed by atoms with Gasteiger partial charge in [-0.3, -0.25) is 9.78 Å². The fraction of sp³-hybridized carbons (Fsp3) is 0.333. The summed E-state index contributed by atoms with van der Waals surface area (Å²) in [4.78, 5) is 18.0. The number of hydrogen-bond donors (Lipinski definition) is 1. The van der Waals surface area contributed by atoms with Crippen molar-refractivity contribution in [1.82, 2.24) is 10.3 Å². The first-order valence-corrected chi connectivity index (χ1v) is 7.06. The number of carbonyl (C=O) groups excluding carboxylic acids is 1. The van der Waals surface area contributed by atoms with Crippen molar-refractivity contribution in [2.24, 2.45) is 0 Å². The second kappa shape index (κ2) is 5.53. The van der Waals surface area contributed by atoms with E-state index in [2.05, 4.69) is 31.1 Å². The molecule has 2 aromatic heterocycles. The van der Waals surface area contributed by atoms with E-state index < -0.39 is 0 Å². The van der Waals surface area contributed by atoms with E-state index >= 15 is 0 Å². The third-order valence-corrected chi connectivity index (χ3v) is 4.25. The van der Waals surface area contributed by atoms with Gasteiger partial charge < -0.3 is 5.32 Å². The molecule has 0 saturated carbocycles. The Labute approximate surface area is 117 Å². The number of hydrogen-bond acceptors (Lipinski definition) is 3. The van der Waals surface area contributed by atoms with E-state index in [4.69, 9.17) is 0 Å². The van der Waals surface area contributed by atoms with Crippen LogP contribution in [0.25, 0.3) is 0 Å². The van der Waals surface area contributed by atoms with Gasteiger partial charge in [0.1, 0.15) is 0 Å². The molecule has 1 N–H and O–H groups in total. The summed E-state index contributed by atoms with van der Waals surface area (Å²) in [5.74, 6) is -0.0237. The molecule has 2 aromatic rings. The Morgan fingerprint density at radius 2 is 2.11 bits per heavy atom. The molecule has 1 amide bonds. The van der Waals surface area contributed by atoms with Crippen LogP contribution in [0.1, 0.15) is 40.9 Å². The Kier molecular flexibility index (Phi) is 4.00. The largest absolute Gasteiger partial charge is 0.347 e. The summed E-state index contributed by atoms with van der Waals surface area (Å²) in [5, 5.41) is 2.91. The lowest BCUT2D eigenvalue weighted by Crippen LogP contribution is -2.21. The van der Waals surface area contributed by atoms with Crippen LogP contribution in [0.3, 0.4) is 0 Å². The predicted octanol–water partition coefficient (Wildman–Crippen LogP) is 3.37. The second-order valence-corrected chi connectivity index (χ2v) is 6.54. The van der Waals surface area contributed by atoms with Crippen LogP contribution in [-0.4, -0.2) is 10.9 Å². The van der Waals surface area contributed by atoms with Crippen LogP contribution in [-0.2, 0) is 12.0 Å². The highest BCUT2D eigenvalue weighted by atomic mass is 32.1. The summed E-state index contributed by atoms with van der Waals surface area (Å²) in [6.45, 7) is 6.96. The minimum absolute atomic E-state index is 0.0237. The first-order chi connectivity index (χ1) is 8.97. The number of thiophene rings is 1. The molecule has 0 radical (unpaired) electrons. The number of amides is 1. The molecule has 0 aliphatic heterocycles. The van der Waals surface area contributed by atoms with Gasteiger partial charge in [0.05, 0.1) is 4.88 Å². The van der Waals surface area contributed by atoms with Gasteiger partial charge in [-0.2, -0.15) is 0 Å². The predicted molar refractivity (Wildman–Crippen MR) is 78.4 cm³/mol. The maximum Gasteiger partial charge on any atom is 0.261 e. The van der Waals surface area contributed by atoms with Gasteiger partial charge in [-0.1, -0.05) is 26.8 Å². The molecule has 0 fully saturated rings. The zero-order chi connectivity index (χ0) is 13.9. The molecule has 0 unspecified atom stereocenters. The van der Waals surface area contributed by atoms with Crippen molar-refractivity contribution in [2.45, 2.75) is 32.7 Å². The van der Waals surface area contributed by atoms with Crippen LogP contribution in [0.2, 0.25) is 0 Å². The fourth-order valence-electron chi connectivity index (χ4n) is 1.64. The van der Waals surface area contributed by atoms with Crippen molar-refractivity contribution in [3.05, 3.63) is 52.0 Å². The molecule has 0 spiro atoms. The average molecular weight is 274 g/mol. The molecular formula is C15H18N2OS. The topological polar surface area (TPSA) is 42.0 Å². The van der Waals surface area contributed by atoms with E-state index in [1.165, 1.54) is 4.88 Å². The number of nitrogens with one attached hydrogen (secondary N) is 1. The highest BCUT2D eigenvalue weighted by Gasteiger charge is 2.18. The number of carbonyl (C=O) groups is 1. The van der Waals surface area contributed by atoms with Gasteiger partial charge in [0.15, 0.2) is 0 Å². The van der Waals surface area contributed by atoms with Crippen molar-refractivity contribution < 1.29 is 4.79 Å². The standard InChI is InChI=1S/C15H18N2OS/c1-15(2,3)13-7-6-12(19-13)14(18)17-10-11-5-4-8-16-9-11/h4-9H,10H2,1-3H3,(H,17,18). The molecule has 0 saturated heterocycles. The van der Waals surface area contributed by atoms with E-state index in [-0.39, 0.29) is 11.3 Å². The highest BCUT2D eigenvalue weighted by molar-refractivity contribution is 7.14.